The molecule has 1 fully saturated rings. The van der Waals surface area contributed by atoms with E-state index >= 15 is 0 Å². The molecular formula is C10H9Cl2N. The molecule has 13 heavy (non-hydrogen) atoms. The average Bonchev–Trinajstić information content (AvgIpc) is 2.91. The van der Waals surface area contributed by atoms with Gasteiger partial charge in [0.15, 0.2) is 0 Å². The van der Waals surface area contributed by atoms with Crippen LogP contribution in [0.25, 0.3) is 5.70 Å². The third-order valence-electron chi connectivity index (χ3n) is 2.11. The molecule has 68 valence electrons. The summed E-state index contributed by atoms with van der Waals surface area (Å²) in [7, 11) is 0. The van der Waals surface area contributed by atoms with Crippen LogP contribution in [0.5, 0.6) is 0 Å². The minimum atomic E-state index is 0.559. The van der Waals surface area contributed by atoms with Crippen LogP contribution in [0.4, 0.5) is 0 Å². The van der Waals surface area contributed by atoms with Crippen LogP contribution in [-0.4, -0.2) is 0 Å². The molecule has 0 atom stereocenters. The van der Waals surface area contributed by atoms with Gasteiger partial charge in [-0.3, -0.25) is 0 Å². The van der Waals surface area contributed by atoms with Gasteiger partial charge in [0.1, 0.15) is 0 Å². The summed E-state index contributed by atoms with van der Waals surface area (Å²) >= 11 is 11.7. The van der Waals surface area contributed by atoms with Crippen molar-refractivity contribution in [2.24, 2.45) is 5.73 Å². The lowest BCUT2D eigenvalue weighted by molar-refractivity contribution is 1.49. The van der Waals surface area contributed by atoms with E-state index in [4.69, 9.17) is 28.9 Å². The topological polar surface area (TPSA) is 26.0 Å². The number of rotatable bonds is 1. The lowest BCUT2D eigenvalue weighted by atomic mass is 10.1. The fourth-order valence-electron chi connectivity index (χ4n) is 1.20. The van der Waals surface area contributed by atoms with Crippen molar-refractivity contribution in [2.45, 2.75) is 12.8 Å². The van der Waals surface area contributed by atoms with Crippen LogP contribution in [0.15, 0.2) is 23.8 Å². The van der Waals surface area contributed by atoms with E-state index in [1.807, 2.05) is 12.1 Å². The van der Waals surface area contributed by atoms with E-state index < -0.39 is 0 Å². The van der Waals surface area contributed by atoms with Crippen LogP contribution in [0.1, 0.15) is 18.4 Å². The first-order chi connectivity index (χ1) is 6.18. The Balaban J connectivity index is 2.42. The molecule has 0 saturated heterocycles. The smallest absolute Gasteiger partial charge is 0.0599 e. The molecule has 0 heterocycles. The van der Waals surface area contributed by atoms with Crippen molar-refractivity contribution in [2.75, 3.05) is 0 Å². The molecule has 0 bridgehead atoms. The van der Waals surface area contributed by atoms with E-state index in [1.165, 1.54) is 5.57 Å². The molecule has 2 rings (SSSR count). The van der Waals surface area contributed by atoms with Gasteiger partial charge in [-0.25, -0.2) is 0 Å². The van der Waals surface area contributed by atoms with Crippen LogP contribution in [0, 0.1) is 0 Å². The molecule has 0 aromatic heterocycles. The molecule has 1 aliphatic rings. The Morgan fingerprint density at radius 2 is 1.85 bits per heavy atom. The minimum absolute atomic E-state index is 0.559. The zero-order valence-corrected chi connectivity index (χ0v) is 8.49. The highest BCUT2D eigenvalue weighted by Crippen LogP contribution is 2.35. The number of benzene rings is 1. The number of nitrogens with two attached hydrogens (primary N) is 1. The lowest BCUT2D eigenvalue weighted by Gasteiger charge is -2.02. The first-order valence-corrected chi connectivity index (χ1v) is 4.87. The van der Waals surface area contributed by atoms with Gasteiger partial charge in [0, 0.05) is 5.70 Å². The van der Waals surface area contributed by atoms with Gasteiger partial charge in [0.2, 0.25) is 0 Å². The normalized spacial score (nSPS) is 14.5. The highest BCUT2D eigenvalue weighted by Gasteiger charge is 2.16. The summed E-state index contributed by atoms with van der Waals surface area (Å²) in [5, 5.41) is 1.13. The van der Waals surface area contributed by atoms with E-state index in [-0.39, 0.29) is 0 Å². The van der Waals surface area contributed by atoms with Gasteiger partial charge in [-0.05, 0) is 36.1 Å². The van der Waals surface area contributed by atoms with Gasteiger partial charge >= 0.3 is 0 Å². The molecule has 0 aliphatic heterocycles. The molecule has 0 unspecified atom stereocenters. The maximum absolute atomic E-state index is 5.90. The molecule has 2 N–H and O–H groups in total. The standard InChI is InChI=1S/C10H9Cl2N/c11-8-4-3-7(5-9(8)12)10(13)6-1-2-6/h3-5H,1-2,13H2. The number of hydrogen-bond donors (Lipinski definition) is 1. The fraction of sp³-hybridized carbons (Fsp3) is 0.200. The van der Waals surface area contributed by atoms with Crippen molar-refractivity contribution in [1.82, 2.24) is 0 Å². The maximum atomic E-state index is 5.90. The molecule has 1 nitrogen and oxygen atoms in total. The second kappa shape index (κ2) is 3.24. The van der Waals surface area contributed by atoms with Crippen molar-refractivity contribution in [3.8, 4) is 0 Å². The largest absolute Gasteiger partial charge is 0.398 e. The first-order valence-electron chi connectivity index (χ1n) is 4.11. The Morgan fingerprint density at radius 3 is 2.38 bits per heavy atom. The molecule has 0 spiro atoms. The zero-order chi connectivity index (χ0) is 9.42. The predicted octanol–water partition coefficient (Wildman–Crippen LogP) is 3.46. The van der Waals surface area contributed by atoms with Gasteiger partial charge in [-0.1, -0.05) is 29.3 Å². The summed E-state index contributed by atoms with van der Waals surface area (Å²) in [5.74, 6) is 0. The molecule has 1 aromatic carbocycles. The number of allylic oxidation sites excluding steroid dienone is 1. The summed E-state index contributed by atoms with van der Waals surface area (Å²) in [4.78, 5) is 0. The van der Waals surface area contributed by atoms with Gasteiger partial charge in [-0.15, -0.1) is 0 Å². The summed E-state index contributed by atoms with van der Waals surface area (Å²) in [5.41, 5.74) is 9.05. The Morgan fingerprint density at radius 1 is 1.15 bits per heavy atom. The Hall–Kier alpha value is -0.660. The third-order valence-corrected chi connectivity index (χ3v) is 2.85. The monoisotopic (exact) mass is 213 g/mol. The highest BCUT2D eigenvalue weighted by molar-refractivity contribution is 6.42. The van der Waals surface area contributed by atoms with Crippen LogP contribution in [0.3, 0.4) is 0 Å². The van der Waals surface area contributed by atoms with E-state index in [1.54, 1.807) is 6.07 Å². The summed E-state index contributed by atoms with van der Waals surface area (Å²) in [6.07, 6.45) is 2.23. The Kier molecular flexibility index (Phi) is 2.22. The quantitative estimate of drug-likeness (QED) is 0.761. The molecule has 1 saturated carbocycles. The summed E-state index contributed by atoms with van der Waals surface area (Å²) in [6.45, 7) is 0. The predicted molar refractivity (Wildman–Crippen MR) is 56.8 cm³/mol. The number of halogens is 2. The Bertz CT molecular complexity index is 377. The van der Waals surface area contributed by atoms with E-state index in [2.05, 4.69) is 0 Å². The molecule has 1 aromatic rings. The second-order valence-corrected chi connectivity index (χ2v) is 3.96. The molecule has 0 radical (unpaired) electrons. The van der Waals surface area contributed by atoms with Crippen LogP contribution >= 0.6 is 23.2 Å². The van der Waals surface area contributed by atoms with Crippen molar-refractivity contribution in [1.29, 1.82) is 0 Å². The van der Waals surface area contributed by atoms with Crippen molar-refractivity contribution < 1.29 is 0 Å². The first kappa shape index (κ1) is 8.92. The molecule has 1 aliphatic carbocycles. The van der Waals surface area contributed by atoms with Gasteiger partial charge in [-0.2, -0.15) is 0 Å². The van der Waals surface area contributed by atoms with Crippen LogP contribution < -0.4 is 5.73 Å². The Labute approximate surface area is 87.1 Å². The molecular weight excluding hydrogens is 205 g/mol. The summed E-state index contributed by atoms with van der Waals surface area (Å²) in [6, 6.07) is 5.48. The van der Waals surface area contributed by atoms with Gasteiger partial charge in [0.25, 0.3) is 0 Å². The van der Waals surface area contributed by atoms with E-state index in [0.717, 1.165) is 24.1 Å². The lowest BCUT2D eigenvalue weighted by Crippen LogP contribution is -1.95. The highest BCUT2D eigenvalue weighted by atomic mass is 35.5. The SMILES string of the molecule is NC(=C1CC1)c1ccc(Cl)c(Cl)c1. The van der Waals surface area contributed by atoms with Crippen molar-refractivity contribution in [3.05, 3.63) is 39.4 Å². The van der Waals surface area contributed by atoms with E-state index in [9.17, 15) is 0 Å². The van der Waals surface area contributed by atoms with Crippen LogP contribution in [0.2, 0.25) is 10.0 Å². The maximum Gasteiger partial charge on any atom is 0.0599 e. The summed E-state index contributed by atoms with van der Waals surface area (Å²) < 4.78 is 0. The van der Waals surface area contributed by atoms with E-state index in [0.29, 0.717) is 10.0 Å². The third kappa shape index (κ3) is 1.82. The fourth-order valence-corrected chi connectivity index (χ4v) is 1.50. The number of hydrogen-bond acceptors (Lipinski definition) is 1. The molecule has 0 amide bonds. The van der Waals surface area contributed by atoms with Crippen LogP contribution in [-0.2, 0) is 0 Å². The van der Waals surface area contributed by atoms with Crippen molar-refractivity contribution in [3.63, 3.8) is 0 Å². The zero-order valence-electron chi connectivity index (χ0n) is 6.98. The average molecular weight is 214 g/mol. The molecule has 3 heteroatoms. The second-order valence-electron chi connectivity index (χ2n) is 3.15. The van der Waals surface area contributed by atoms with Gasteiger partial charge < -0.3 is 5.73 Å². The minimum Gasteiger partial charge on any atom is -0.398 e. The van der Waals surface area contributed by atoms with Crippen molar-refractivity contribution >= 4 is 28.9 Å². The van der Waals surface area contributed by atoms with Gasteiger partial charge in [0.05, 0.1) is 10.0 Å².